The molecule has 0 spiro atoms. The maximum Gasteiger partial charge on any atom is 0.233 e. The Morgan fingerprint density at radius 2 is 1.83 bits per heavy atom. The summed E-state index contributed by atoms with van der Waals surface area (Å²) in [5.74, 6) is -0.0721. The van der Waals surface area contributed by atoms with E-state index in [0.29, 0.717) is 5.56 Å². The summed E-state index contributed by atoms with van der Waals surface area (Å²) in [7, 11) is 3.34. The summed E-state index contributed by atoms with van der Waals surface area (Å²) in [5.41, 5.74) is 0.677. The highest BCUT2D eigenvalue weighted by atomic mass is 32.2. The van der Waals surface area contributed by atoms with Crippen LogP contribution in [0.3, 0.4) is 0 Å². The van der Waals surface area contributed by atoms with Gasteiger partial charge >= 0.3 is 0 Å². The number of likely N-dealkylation sites (N-methyl/N-ethyl adjacent to an activating group) is 2. The minimum atomic E-state index is -0.0944. The number of ketones is 1. The van der Waals surface area contributed by atoms with Gasteiger partial charge in [-0.05, 0) is 25.4 Å². The lowest BCUT2D eigenvalue weighted by Gasteiger charge is -2.14. The summed E-state index contributed by atoms with van der Waals surface area (Å²) in [6, 6.07) is 7.50. The second-order valence-electron chi connectivity index (χ2n) is 4.00. The van der Waals surface area contributed by atoms with Crippen molar-refractivity contribution >= 4 is 23.5 Å². The lowest BCUT2D eigenvalue weighted by Crippen LogP contribution is -2.36. The Morgan fingerprint density at radius 1 is 1.22 bits per heavy atom. The molecule has 1 amide bonds. The minimum Gasteiger partial charge on any atom is -0.358 e. The molecule has 0 aliphatic carbocycles. The molecule has 1 aromatic rings. The van der Waals surface area contributed by atoms with Crippen LogP contribution in [0.1, 0.15) is 10.4 Å². The van der Waals surface area contributed by atoms with Crippen LogP contribution in [0.4, 0.5) is 0 Å². The molecule has 0 saturated carbocycles. The summed E-state index contributed by atoms with van der Waals surface area (Å²) in [4.78, 5) is 25.9. The van der Waals surface area contributed by atoms with Crippen LogP contribution >= 0.6 is 11.8 Å². The first-order valence-corrected chi connectivity index (χ1v) is 6.85. The molecule has 18 heavy (non-hydrogen) atoms. The van der Waals surface area contributed by atoms with E-state index < -0.39 is 0 Å². The molecule has 0 aliphatic rings. The molecule has 0 unspecified atom stereocenters. The number of carbonyl (C=O) groups is 2. The molecule has 0 fully saturated rings. The van der Waals surface area contributed by atoms with Crippen LogP contribution in [0, 0.1) is 0 Å². The Hall–Kier alpha value is -1.33. The van der Waals surface area contributed by atoms with Gasteiger partial charge in [0.25, 0.3) is 0 Å². The molecular formula is C13H18N2O2S. The summed E-state index contributed by atoms with van der Waals surface area (Å²) >= 11 is 1.64. The SMILES string of the molecule is CNC(=O)CN(C)CC(=O)c1ccc(SC)cc1. The number of hydrogen-bond donors (Lipinski definition) is 1. The fraction of sp³-hybridized carbons (Fsp3) is 0.385. The van der Waals surface area contributed by atoms with Gasteiger partial charge in [0.05, 0.1) is 13.1 Å². The lowest BCUT2D eigenvalue weighted by molar-refractivity contribution is -0.121. The predicted octanol–water partition coefficient (Wildman–Crippen LogP) is 1.27. The van der Waals surface area contributed by atoms with Gasteiger partial charge in [-0.1, -0.05) is 12.1 Å². The first-order valence-electron chi connectivity index (χ1n) is 5.63. The molecule has 5 heteroatoms. The van der Waals surface area contributed by atoms with Crippen molar-refractivity contribution in [2.45, 2.75) is 4.90 Å². The van der Waals surface area contributed by atoms with Crippen molar-refractivity contribution in [1.29, 1.82) is 0 Å². The molecule has 0 saturated heterocycles. The maximum absolute atomic E-state index is 11.9. The Kier molecular flexibility index (Phi) is 5.88. The van der Waals surface area contributed by atoms with E-state index in [4.69, 9.17) is 0 Å². The number of rotatable bonds is 6. The van der Waals surface area contributed by atoms with Crippen LogP contribution in [0.5, 0.6) is 0 Å². The van der Waals surface area contributed by atoms with Crippen LogP contribution in [0.2, 0.25) is 0 Å². The van der Waals surface area contributed by atoms with E-state index in [2.05, 4.69) is 5.32 Å². The van der Waals surface area contributed by atoms with Crippen molar-refractivity contribution in [2.24, 2.45) is 0 Å². The molecule has 0 aromatic heterocycles. The molecule has 1 aromatic carbocycles. The van der Waals surface area contributed by atoms with E-state index in [0.717, 1.165) is 4.90 Å². The Morgan fingerprint density at radius 3 is 2.33 bits per heavy atom. The van der Waals surface area contributed by atoms with Crippen LogP contribution in [0.25, 0.3) is 0 Å². The number of Topliss-reactive ketones (excluding diaryl/α,β-unsaturated/α-hetero) is 1. The lowest BCUT2D eigenvalue weighted by atomic mass is 10.1. The quantitative estimate of drug-likeness (QED) is 0.622. The Labute approximate surface area is 112 Å². The number of benzene rings is 1. The van der Waals surface area contributed by atoms with E-state index in [-0.39, 0.29) is 24.8 Å². The third kappa shape index (κ3) is 4.50. The smallest absolute Gasteiger partial charge is 0.233 e. The van der Waals surface area contributed by atoms with Crippen molar-refractivity contribution < 1.29 is 9.59 Å². The number of nitrogens with one attached hydrogen (secondary N) is 1. The monoisotopic (exact) mass is 266 g/mol. The normalized spacial score (nSPS) is 10.4. The van der Waals surface area contributed by atoms with Crippen molar-refractivity contribution in [1.82, 2.24) is 10.2 Å². The van der Waals surface area contributed by atoms with Crippen molar-refractivity contribution in [3.05, 3.63) is 29.8 Å². The third-order valence-electron chi connectivity index (χ3n) is 2.52. The molecule has 0 aliphatic heterocycles. The highest BCUT2D eigenvalue weighted by Crippen LogP contribution is 2.15. The van der Waals surface area contributed by atoms with E-state index in [1.54, 1.807) is 30.8 Å². The first kappa shape index (κ1) is 14.7. The van der Waals surface area contributed by atoms with Crippen LogP contribution in [-0.2, 0) is 4.79 Å². The van der Waals surface area contributed by atoms with Gasteiger partial charge in [0.1, 0.15) is 0 Å². The fourth-order valence-electron chi connectivity index (χ4n) is 1.49. The Bertz CT molecular complexity index is 418. The summed E-state index contributed by atoms with van der Waals surface area (Å²) in [5, 5.41) is 2.53. The molecule has 0 atom stereocenters. The maximum atomic E-state index is 11.9. The number of amides is 1. The second kappa shape index (κ2) is 7.18. The van der Waals surface area contributed by atoms with Crippen LogP contribution < -0.4 is 5.32 Å². The zero-order chi connectivity index (χ0) is 13.5. The van der Waals surface area contributed by atoms with Gasteiger partial charge in [0.15, 0.2) is 5.78 Å². The van der Waals surface area contributed by atoms with E-state index in [1.165, 1.54) is 0 Å². The predicted molar refractivity (Wildman–Crippen MR) is 74.1 cm³/mol. The number of carbonyl (C=O) groups excluding carboxylic acids is 2. The van der Waals surface area contributed by atoms with Gasteiger partial charge in [-0.15, -0.1) is 11.8 Å². The fourth-order valence-corrected chi connectivity index (χ4v) is 1.90. The zero-order valence-corrected chi connectivity index (χ0v) is 11.7. The van der Waals surface area contributed by atoms with Crippen molar-refractivity contribution in [3.8, 4) is 0 Å². The molecule has 0 heterocycles. The van der Waals surface area contributed by atoms with Crippen LogP contribution in [-0.4, -0.2) is 50.0 Å². The van der Waals surface area contributed by atoms with Gasteiger partial charge < -0.3 is 5.32 Å². The third-order valence-corrected chi connectivity index (χ3v) is 3.26. The van der Waals surface area contributed by atoms with E-state index in [9.17, 15) is 9.59 Å². The van der Waals surface area contributed by atoms with Gasteiger partial charge in [-0.3, -0.25) is 14.5 Å². The highest BCUT2D eigenvalue weighted by Gasteiger charge is 2.11. The Balaban J connectivity index is 2.56. The standard InChI is InChI=1S/C13H18N2O2S/c1-14-13(17)9-15(2)8-12(16)10-4-6-11(18-3)7-5-10/h4-7H,8-9H2,1-3H3,(H,14,17). The number of hydrogen-bond acceptors (Lipinski definition) is 4. The average Bonchev–Trinajstić information content (AvgIpc) is 2.38. The van der Waals surface area contributed by atoms with Crippen LogP contribution in [0.15, 0.2) is 29.2 Å². The molecule has 1 N–H and O–H groups in total. The van der Waals surface area contributed by atoms with E-state index >= 15 is 0 Å². The molecule has 1 rings (SSSR count). The average molecular weight is 266 g/mol. The first-order chi connectivity index (χ1) is 8.56. The topological polar surface area (TPSA) is 49.4 Å². The summed E-state index contributed by atoms with van der Waals surface area (Å²) < 4.78 is 0. The molecular weight excluding hydrogens is 248 g/mol. The van der Waals surface area contributed by atoms with Crippen molar-refractivity contribution in [3.63, 3.8) is 0 Å². The summed E-state index contributed by atoms with van der Waals surface area (Å²) in [6.45, 7) is 0.469. The number of thioether (sulfide) groups is 1. The molecule has 4 nitrogen and oxygen atoms in total. The molecule has 0 radical (unpaired) electrons. The van der Waals surface area contributed by atoms with E-state index in [1.807, 2.05) is 30.5 Å². The number of nitrogens with zero attached hydrogens (tertiary/aromatic N) is 1. The molecule has 0 bridgehead atoms. The molecule has 98 valence electrons. The summed E-state index contributed by atoms with van der Waals surface area (Å²) in [6.07, 6.45) is 1.99. The van der Waals surface area contributed by atoms with Gasteiger partial charge in [0.2, 0.25) is 5.91 Å². The highest BCUT2D eigenvalue weighted by molar-refractivity contribution is 7.98. The van der Waals surface area contributed by atoms with Crippen molar-refractivity contribution in [2.75, 3.05) is 33.4 Å². The largest absolute Gasteiger partial charge is 0.358 e. The van der Waals surface area contributed by atoms with Gasteiger partial charge in [-0.2, -0.15) is 0 Å². The zero-order valence-electron chi connectivity index (χ0n) is 10.9. The second-order valence-corrected chi connectivity index (χ2v) is 4.88. The van der Waals surface area contributed by atoms with Gasteiger partial charge in [0, 0.05) is 17.5 Å². The van der Waals surface area contributed by atoms with Gasteiger partial charge in [-0.25, -0.2) is 0 Å². The minimum absolute atomic E-state index is 0.0223.